The molecule has 1 heterocycles. The molecule has 29 heavy (non-hydrogen) atoms. The van der Waals surface area contributed by atoms with Crippen LogP contribution in [0.5, 0.6) is 11.5 Å². The van der Waals surface area contributed by atoms with Crippen LogP contribution in [0.2, 0.25) is 0 Å². The van der Waals surface area contributed by atoms with Crippen LogP contribution in [0.25, 0.3) is 0 Å². The van der Waals surface area contributed by atoms with Gasteiger partial charge in [0.2, 0.25) is 15.9 Å². The van der Waals surface area contributed by atoms with Crippen LogP contribution in [0.1, 0.15) is 18.4 Å². The first kappa shape index (κ1) is 21.1. The van der Waals surface area contributed by atoms with E-state index in [2.05, 4.69) is 5.32 Å². The van der Waals surface area contributed by atoms with Crippen molar-refractivity contribution in [3.63, 3.8) is 0 Å². The minimum absolute atomic E-state index is 0.156. The molecule has 0 spiro atoms. The van der Waals surface area contributed by atoms with Gasteiger partial charge in [0.1, 0.15) is 11.5 Å². The summed E-state index contributed by atoms with van der Waals surface area (Å²) in [6, 6.07) is 11.9. The number of rotatable bonds is 6. The average Bonchev–Trinajstić information content (AvgIpc) is 2.73. The zero-order valence-corrected chi connectivity index (χ0v) is 17.7. The molecule has 2 aromatic carbocycles. The zero-order valence-electron chi connectivity index (χ0n) is 16.8. The Morgan fingerprint density at radius 1 is 1.14 bits per heavy atom. The Hall–Kier alpha value is -2.58. The molecule has 0 saturated carbocycles. The highest BCUT2D eigenvalue weighted by molar-refractivity contribution is 7.89. The molecular formula is C21H26N2O5S. The van der Waals surface area contributed by atoms with E-state index in [1.165, 1.54) is 4.31 Å². The van der Waals surface area contributed by atoms with Crippen molar-refractivity contribution in [2.24, 2.45) is 5.92 Å². The van der Waals surface area contributed by atoms with Crippen molar-refractivity contribution in [3.05, 3.63) is 48.0 Å². The number of hydrogen-bond donors (Lipinski definition) is 1. The Morgan fingerprint density at radius 2 is 1.93 bits per heavy atom. The number of nitrogens with one attached hydrogen (secondary N) is 1. The van der Waals surface area contributed by atoms with Gasteiger partial charge in [0.15, 0.2) is 0 Å². The van der Waals surface area contributed by atoms with Crippen LogP contribution >= 0.6 is 0 Å². The highest BCUT2D eigenvalue weighted by Crippen LogP contribution is 2.28. The molecule has 3 rings (SSSR count). The summed E-state index contributed by atoms with van der Waals surface area (Å²) in [4.78, 5) is 12.9. The molecule has 1 atom stereocenters. The molecule has 7 nitrogen and oxygen atoms in total. The molecule has 0 aromatic heterocycles. The highest BCUT2D eigenvalue weighted by atomic mass is 32.2. The summed E-state index contributed by atoms with van der Waals surface area (Å²) in [5, 5.41) is 2.87. The van der Waals surface area contributed by atoms with E-state index in [4.69, 9.17) is 9.47 Å². The van der Waals surface area contributed by atoms with Crippen LogP contribution in [0.3, 0.4) is 0 Å². The van der Waals surface area contributed by atoms with E-state index in [-0.39, 0.29) is 17.3 Å². The van der Waals surface area contributed by atoms with Gasteiger partial charge in [-0.05, 0) is 55.7 Å². The number of ether oxygens (including phenoxy) is 2. The van der Waals surface area contributed by atoms with Crippen LogP contribution in [0.4, 0.5) is 5.69 Å². The molecule has 0 radical (unpaired) electrons. The average molecular weight is 419 g/mol. The second-order valence-electron chi connectivity index (χ2n) is 7.05. The second kappa shape index (κ2) is 8.84. The van der Waals surface area contributed by atoms with Crippen LogP contribution in [0.15, 0.2) is 47.4 Å². The van der Waals surface area contributed by atoms with E-state index < -0.39 is 15.9 Å². The molecule has 8 heteroatoms. The van der Waals surface area contributed by atoms with Gasteiger partial charge in [-0.2, -0.15) is 4.31 Å². The number of methoxy groups -OCH3 is 2. The van der Waals surface area contributed by atoms with Gasteiger partial charge in [-0.15, -0.1) is 0 Å². The number of piperidine rings is 1. The quantitative estimate of drug-likeness (QED) is 0.779. The van der Waals surface area contributed by atoms with Gasteiger partial charge < -0.3 is 14.8 Å². The second-order valence-corrected chi connectivity index (χ2v) is 8.99. The largest absolute Gasteiger partial charge is 0.497 e. The molecule has 1 aliphatic rings. The van der Waals surface area contributed by atoms with Crippen molar-refractivity contribution in [1.29, 1.82) is 0 Å². The number of carbonyl (C=O) groups is 1. The smallest absolute Gasteiger partial charge is 0.243 e. The Bertz CT molecular complexity index is 990. The van der Waals surface area contributed by atoms with Gasteiger partial charge in [-0.25, -0.2) is 8.42 Å². The molecule has 2 aromatic rings. The molecule has 156 valence electrons. The first-order chi connectivity index (χ1) is 13.8. The third-order valence-electron chi connectivity index (χ3n) is 5.10. The fraction of sp³-hybridized carbons (Fsp3) is 0.381. The predicted octanol–water partition coefficient (Wildman–Crippen LogP) is 3.05. The molecule has 0 bridgehead atoms. The first-order valence-electron chi connectivity index (χ1n) is 9.45. The van der Waals surface area contributed by atoms with Gasteiger partial charge in [-0.3, -0.25) is 4.79 Å². The fourth-order valence-corrected chi connectivity index (χ4v) is 5.09. The molecule has 1 saturated heterocycles. The summed E-state index contributed by atoms with van der Waals surface area (Å²) in [6.07, 6.45) is 1.27. The maximum Gasteiger partial charge on any atom is 0.243 e. The number of amides is 1. The fourth-order valence-electron chi connectivity index (χ4n) is 3.48. The van der Waals surface area contributed by atoms with E-state index in [0.29, 0.717) is 36.6 Å². The lowest BCUT2D eigenvalue weighted by Crippen LogP contribution is -2.43. The van der Waals surface area contributed by atoms with Crippen molar-refractivity contribution in [2.75, 3.05) is 32.6 Å². The maximum atomic E-state index is 13.1. The number of hydrogen-bond acceptors (Lipinski definition) is 5. The molecular weight excluding hydrogens is 392 g/mol. The summed E-state index contributed by atoms with van der Waals surface area (Å²) in [6.45, 7) is 2.36. The topological polar surface area (TPSA) is 84.9 Å². The third kappa shape index (κ3) is 4.71. The Labute approximate surface area is 171 Å². The molecule has 1 fully saturated rings. The van der Waals surface area contributed by atoms with Crippen LogP contribution in [-0.4, -0.2) is 45.9 Å². The normalized spacial score (nSPS) is 17.6. The van der Waals surface area contributed by atoms with Gasteiger partial charge in [0, 0.05) is 24.8 Å². The lowest BCUT2D eigenvalue weighted by atomic mass is 9.98. The summed E-state index contributed by atoms with van der Waals surface area (Å²) in [5.74, 6) is 0.678. The van der Waals surface area contributed by atoms with Crippen molar-refractivity contribution in [1.82, 2.24) is 4.31 Å². The minimum atomic E-state index is -3.68. The summed E-state index contributed by atoms with van der Waals surface area (Å²) >= 11 is 0. The number of anilines is 1. The Morgan fingerprint density at radius 3 is 2.62 bits per heavy atom. The standard InChI is InChI=1S/C21H26N2O5S/c1-15-12-19(9-10-20(15)28-3)29(25,26)23-11-5-6-16(14-23)21(24)22-17-7-4-8-18(13-17)27-2/h4,7-10,12-13,16H,5-6,11,14H2,1-3H3,(H,22,24). The molecule has 0 aliphatic carbocycles. The molecule has 1 unspecified atom stereocenters. The van der Waals surface area contributed by atoms with Gasteiger partial charge >= 0.3 is 0 Å². The lowest BCUT2D eigenvalue weighted by Gasteiger charge is -2.31. The highest BCUT2D eigenvalue weighted by Gasteiger charge is 2.33. The summed E-state index contributed by atoms with van der Waals surface area (Å²) < 4.78 is 37.9. The number of nitrogens with zero attached hydrogens (tertiary/aromatic N) is 1. The van der Waals surface area contributed by atoms with Crippen molar-refractivity contribution >= 4 is 21.6 Å². The predicted molar refractivity (Wildman–Crippen MR) is 111 cm³/mol. The van der Waals surface area contributed by atoms with Gasteiger partial charge in [-0.1, -0.05) is 6.07 Å². The summed E-state index contributed by atoms with van der Waals surface area (Å²) in [5.41, 5.74) is 1.37. The first-order valence-corrected chi connectivity index (χ1v) is 10.9. The van der Waals surface area contributed by atoms with E-state index in [1.54, 1.807) is 63.6 Å². The van der Waals surface area contributed by atoms with Gasteiger partial charge in [0.05, 0.1) is 25.0 Å². The monoisotopic (exact) mass is 418 g/mol. The van der Waals surface area contributed by atoms with E-state index >= 15 is 0 Å². The van der Waals surface area contributed by atoms with E-state index in [0.717, 1.165) is 5.56 Å². The number of benzene rings is 2. The molecule has 1 aliphatic heterocycles. The van der Waals surface area contributed by atoms with E-state index in [9.17, 15) is 13.2 Å². The lowest BCUT2D eigenvalue weighted by molar-refractivity contribution is -0.120. The Kier molecular flexibility index (Phi) is 6.44. The summed E-state index contributed by atoms with van der Waals surface area (Å²) in [7, 11) is -0.572. The molecule has 1 N–H and O–H groups in total. The van der Waals surface area contributed by atoms with Crippen LogP contribution in [0, 0.1) is 12.8 Å². The van der Waals surface area contributed by atoms with Crippen molar-refractivity contribution < 1.29 is 22.7 Å². The molecule has 1 amide bonds. The number of sulfonamides is 1. The number of aryl methyl sites for hydroxylation is 1. The Balaban J connectivity index is 1.73. The van der Waals surface area contributed by atoms with Crippen molar-refractivity contribution in [3.8, 4) is 11.5 Å². The SMILES string of the molecule is COc1cccc(NC(=O)C2CCCN(S(=O)(=O)c3ccc(OC)c(C)c3)C2)c1. The van der Waals surface area contributed by atoms with Gasteiger partial charge in [0.25, 0.3) is 0 Å². The van der Waals surface area contributed by atoms with Crippen molar-refractivity contribution in [2.45, 2.75) is 24.7 Å². The van der Waals surface area contributed by atoms with Crippen LogP contribution < -0.4 is 14.8 Å². The zero-order chi connectivity index (χ0) is 21.0. The third-order valence-corrected chi connectivity index (χ3v) is 6.96. The van der Waals surface area contributed by atoms with Crippen LogP contribution in [-0.2, 0) is 14.8 Å². The minimum Gasteiger partial charge on any atom is -0.497 e. The maximum absolute atomic E-state index is 13.1. The number of carbonyl (C=O) groups excluding carboxylic acids is 1. The van der Waals surface area contributed by atoms with E-state index in [1.807, 2.05) is 0 Å².